The summed E-state index contributed by atoms with van der Waals surface area (Å²) in [5, 5.41) is 10.6. The van der Waals surface area contributed by atoms with Crippen LogP contribution in [0.1, 0.15) is 192 Å². The summed E-state index contributed by atoms with van der Waals surface area (Å²) in [6.07, 6.45) is 17.9. The summed E-state index contributed by atoms with van der Waals surface area (Å²) in [6.45, 7) is 22.1. The number of benzene rings is 2. The number of phenols is 1. The number of phenolic OH excluding ortho intramolecular Hbond substituents is 1. The van der Waals surface area contributed by atoms with Crippen LogP contribution in [0.3, 0.4) is 0 Å². The summed E-state index contributed by atoms with van der Waals surface area (Å²) in [4.78, 5) is 15.0. The summed E-state index contributed by atoms with van der Waals surface area (Å²) in [5.74, 6) is 1.46. The summed E-state index contributed by atoms with van der Waals surface area (Å²) < 4.78 is 53.7. The predicted octanol–water partition coefficient (Wildman–Crippen LogP) is 13.5. The van der Waals surface area contributed by atoms with Gasteiger partial charge in [0.15, 0.2) is 17.3 Å². The number of carbonyl (C=O) groups is 1. The van der Waals surface area contributed by atoms with Crippen molar-refractivity contribution in [2.45, 2.75) is 189 Å². The Kier molecular flexibility index (Phi) is 28.5. The molecule has 1 aliphatic rings. The lowest BCUT2D eigenvalue weighted by Gasteiger charge is -2.47. The molecule has 10 nitrogen and oxygen atoms in total. The maximum atomic E-state index is 15.0. The van der Waals surface area contributed by atoms with E-state index in [1.54, 1.807) is 30.4 Å². The zero-order chi connectivity index (χ0) is 46.4. The number of aromatic hydroxyl groups is 1. The predicted molar refractivity (Wildman–Crippen MR) is 260 cm³/mol. The average Bonchev–Trinajstić information content (AvgIpc) is 3.29. The van der Waals surface area contributed by atoms with Gasteiger partial charge < -0.3 is 43.0 Å². The molecule has 364 valence electrons. The number of unbranched alkanes of at least 4 members (excludes halogenated alkanes) is 8. The van der Waals surface area contributed by atoms with Crippen LogP contribution in [-0.2, 0) is 18.9 Å². The van der Waals surface area contributed by atoms with Crippen molar-refractivity contribution in [2.24, 2.45) is 5.92 Å². The fourth-order valence-electron chi connectivity index (χ4n) is 7.83. The van der Waals surface area contributed by atoms with Crippen LogP contribution in [0.4, 0.5) is 0 Å². The van der Waals surface area contributed by atoms with Gasteiger partial charge in [0.05, 0.1) is 45.2 Å². The van der Waals surface area contributed by atoms with Crippen LogP contribution in [0.25, 0.3) is 6.08 Å². The summed E-state index contributed by atoms with van der Waals surface area (Å²) in [5.41, 5.74) is 1.91. The van der Waals surface area contributed by atoms with E-state index < -0.39 is 12.2 Å². The van der Waals surface area contributed by atoms with Crippen molar-refractivity contribution in [3.05, 3.63) is 47.0 Å². The van der Waals surface area contributed by atoms with Crippen LogP contribution in [0.15, 0.2) is 30.3 Å². The first-order chi connectivity index (χ1) is 31.3. The third-order valence-corrected chi connectivity index (χ3v) is 11.7. The van der Waals surface area contributed by atoms with Gasteiger partial charge in [0.1, 0.15) is 28.9 Å². The van der Waals surface area contributed by atoms with Crippen molar-refractivity contribution < 1.29 is 47.8 Å². The second-order valence-electron chi connectivity index (χ2n) is 17.3. The monoisotopic (exact) mass is 897 g/mol. The number of carbonyl (C=O) groups excluding carboxylic acids is 1. The van der Waals surface area contributed by atoms with Gasteiger partial charge in [0.25, 0.3) is 0 Å². The largest absolute Gasteiger partial charge is 0.504 e. The number of ether oxygens (including phenoxy) is 8. The van der Waals surface area contributed by atoms with Gasteiger partial charge in [-0.2, -0.15) is 0 Å². The highest BCUT2D eigenvalue weighted by Gasteiger charge is 2.50. The number of allylic oxidation sites excluding steroid dienone is 1. The molecule has 1 aliphatic carbocycles. The minimum absolute atomic E-state index is 0.0221. The van der Waals surface area contributed by atoms with Gasteiger partial charge in [0, 0.05) is 49.9 Å². The molecule has 3 rings (SSSR count). The first-order valence-electron chi connectivity index (χ1n) is 25.5. The molecule has 1 saturated carbocycles. The van der Waals surface area contributed by atoms with Crippen molar-refractivity contribution in [1.82, 2.24) is 0 Å². The Morgan fingerprint density at radius 2 is 1.05 bits per heavy atom. The lowest BCUT2D eigenvalue weighted by Crippen LogP contribution is -2.55. The fourth-order valence-corrected chi connectivity index (χ4v) is 7.83. The Labute approximate surface area is 388 Å². The summed E-state index contributed by atoms with van der Waals surface area (Å²) >= 11 is 0. The minimum Gasteiger partial charge on any atom is -0.504 e. The number of rotatable bonds is 37. The van der Waals surface area contributed by atoms with E-state index in [1.165, 1.54) is 0 Å². The van der Waals surface area contributed by atoms with Crippen LogP contribution in [-0.4, -0.2) is 88.7 Å². The first-order valence-corrected chi connectivity index (χ1v) is 25.5. The van der Waals surface area contributed by atoms with E-state index in [-0.39, 0.29) is 29.5 Å². The van der Waals surface area contributed by atoms with Crippen molar-refractivity contribution in [2.75, 3.05) is 59.5 Å². The molecule has 10 heteroatoms. The minimum atomic E-state index is -0.419. The highest BCUT2D eigenvalue weighted by atomic mass is 16.6. The Hall–Kier alpha value is -3.31. The lowest BCUT2D eigenvalue weighted by atomic mass is 9.71. The lowest BCUT2D eigenvalue weighted by molar-refractivity contribution is -0.191. The highest BCUT2D eigenvalue weighted by Crippen LogP contribution is 2.51. The maximum Gasteiger partial charge on any atom is 0.193 e. The fraction of sp³-hybridized carbons (Fsp3) is 0.722. The molecule has 2 aromatic rings. The zero-order valence-corrected chi connectivity index (χ0v) is 41.4. The van der Waals surface area contributed by atoms with Gasteiger partial charge in [-0.1, -0.05) is 119 Å². The smallest absolute Gasteiger partial charge is 0.193 e. The number of hydrogen-bond donors (Lipinski definition) is 1. The Morgan fingerprint density at radius 3 is 1.62 bits per heavy atom. The van der Waals surface area contributed by atoms with Crippen LogP contribution in [0.2, 0.25) is 0 Å². The van der Waals surface area contributed by atoms with Gasteiger partial charge in [-0.15, -0.1) is 0 Å². The van der Waals surface area contributed by atoms with Crippen LogP contribution in [0, 0.1) is 5.92 Å². The van der Waals surface area contributed by atoms with Crippen LogP contribution >= 0.6 is 0 Å². The van der Waals surface area contributed by atoms with Crippen molar-refractivity contribution in [3.63, 3.8) is 0 Å². The molecule has 0 radical (unpaired) electrons. The highest BCUT2D eigenvalue weighted by molar-refractivity contribution is 6.11. The molecule has 0 saturated heterocycles. The van der Waals surface area contributed by atoms with Crippen LogP contribution < -0.4 is 18.9 Å². The van der Waals surface area contributed by atoms with E-state index >= 15 is 4.79 Å². The summed E-state index contributed by atoms with van der Waals surface area (Å²) in [6, 6.07) is 7.08. The van der Waals surface area contributed by atoms with Crippen LogP contribution in [0.5, 0.6) is 28.7 Å². The quantitative estimate of drug-likeness (QED) is 0.0400. The van der Waals surface area contributed by atoms with Crippen molar-refractivity contribution >= 4 is 11.9 Å². The molecule has 1 N–H and O–H groups in total. The Bertz CT molecular complexity index is 1580. The second-order valence-corrected chi connectivity index (χ2v) is 17.3. The molecule has 1 fully saturated rings. The molecule has 0 aliphatic heterocycles. The third kappa shape index (κ3) is 18.2. The maximum absolute atomic E-state index is 15.0. The van der Waals surface area contributed by atoms with E-state index in [2.05, 4.69) is 55.4 Å². The van der Waals surface area contributed by atoms with Gasteiger partial charge in [-0.3, -0.25) is 4.79 Å². The average molecular weight is 897 g/mol. The van der Waals surface area contributed by atoms with E-state index in [0.717, 1.165) is 114 Å². The second kappa shape index (κ2) is 33.2. The van der Waals surface area contributed by atoms with Crippen molar-refractivity contribution in [3.8, 4) is 28.7 Å². The van der Waals surface area contributed by atoms with E-state index in [9.17, 15) is 5.11 Å². The summed E-state index contributed by atoms with van der Waals surface area (Å²) in [7, 11) is 0. The SMILES string of the molecule is CCCCOCC1CC(c2c(OCCCC)cc(OCCCC)c(C(=O)/C=C/c3ccc(O)c(OCCCC)c3)c2OCCCC)C(OCCCC)C(OCCCC)C1OCCCC. The molecule has 64 heavy (non-hydrogen) atoms. The Morgan fingerprint density at radius 1 is 0.562 bits per heavy atom. The van der Waals surface area contributed by atoms with Crippen molar-refractivity contribution in [1.29, 1.82) is 0 Å². The molecule has 5 unspecified atom stereocenters. The van der Waals surface area contributed by atoms with Gasteiger partial charge in [0.2, 0.25) is 0 Å². The third-order valence-electron chi connectivity index (χ3n) is 11.7. The molecule has 0 bridgehead atoms. The number of hydrogen-bond acceptors (Lipinski definition) is 10. The van der Waals surface area contributed by atoms with E-state index in [1.807, 2.05) is 6.07 Å². The standard InChI is InChI=1S/C54H88O10/c1-9-17-29-57-40-42-38-43(52(62-34-22-14-6)54(64-36-24-16-8)51(42)61-33-21-13-5)49-47(59-31-19-11-3)39-48(60-32-20-12-4)50(53(49)63-35-23-15-7)45(56)28-26-41-25-27-44(55)46(37-41)58-30-18-10-2/h25-28,37,39,42-43,51-52,54-55H,9-24,29-36,38,40H2,1-8H3/b28-26+. The molecule has 5 atom stereocenters. The zero-order valence-electron chi connectivity index (χ0n) is 41.4. The first kappa shape index (κ1) is 55.0. The van der Waals surface area contributed by atoms with E-state index in [0.29, 0.717) is 94.4 Å². The van der Waals surface area contributed by atoms with Gasteiger partial charge >= 0.3 is 0 Å². The molecular formula is C54H88O10. The van der Waals surface area contributed by atoms with E-state index in [4.69, 9.17) is 37.9 Å². The van der Waals surface area contributed by atoms with Gasteiger partial charge in [-0.05, 0) is 81.6 Å². The molecule has 2 aromatic carbocycles. The molecule has 0 heterocycles. The molecule has 0 spiro atoms. The molecule has 0 aromatic heterocycles. The molecule has 0 amide bonds. The topological polar surface area (TPSA) is 111 Å². The molecular weight excluding hydrogens is 809 g/mol. The normalized spacial score (nSPS) is 18.7. The number of ketones is 1. The Balaban J connectivity index is 2.40. The van der Waals surface area contributed by atoms with Gasteiger partial charge in [-0.25, -0.2) is 0 Å².